The zero-order valence-electron chi connectivity index (χ0n) is 16.4. The number of halogens is 1. The Morgan fingerprint density at radius 2 is 2.04 bits per heavy atom. The van der Waals surface area contributed by atoms with Gasteiger partial charge in [-0.15, -0.1) is 0 Å². The van der Waals surface area contributed by atoms with Crippen molar-refractivity contribution in [1.82, 2.24) is 19.4 Å². The number of hydrogen-bond donors (Lipinski definition) is 0. The summed E-state index contributed by atoms with van der Waals surface area (Å²) < 4.78 is 2.20. The standard InChI is InChI=1S/C22H25ClN4O/c1-15-14-19(18-4-3-5-20(23)21(18)25-15)22(28)27-11-7-17(8-12-27)6-10-26-13-9-24-16(26)2/h3-5,9,13-14,17H,6-8,10-12H2,1-2H3. The number of amides is 1. The molecule has 0 unspecified atom stereocenters. The Hall–Kier alpha value is -2.40. The Labute approximate surface area is 170 Å². The number of nitrogens with zero attached hydrogens (tertiary/aromatic N) is 4. The summed E-state index contributed by atoms with van der Waals surface area (Å²) in [5, 5.41) is 1.42. The van der Waals surface area contributed by atoms with Crippen LogP contribution in [0.15, 0.2) is 36.7 Å². The molecule has 2 aromatic heterocycles. The van der Waals surface area contributed by atoms with Crippen LogP contribution >= 0.6 is 11.6 Å². The summed E-state index contributed by atoms with van der Waals surface area (Å²) in [6.07, 6.45) is 7.11. The van der Waals surface area contributed by atoms with Gasteiger partial charge in [0.05, 0.1) is 16.1 Å². The number of benzene rings is 1. The highest BCUT2D eigenvalue weighted by Gasteiger charge is 2.25. The maximum atomic E-state index is 13.2. The van der Waals surface area contributed by atoms with E-state index in [2.05, 4.69) is 14.5 Å². The third-order valence-corrected chi connectivity index (χ3v) is 6.06. The molecule has 1 aliphatic heterocycles. The molecule has 0 aliphatic carbocycles. The molecule has 0 bridgehead atoms. The number of aryl methyl sites for hydroxylation is 3. The van der Waals surface area contributed by atoms with Gasteiger partial charge in [0.1, 0.15) is 5.82 Å². The number of carbonyl (C=O) groups excluding carboxylic acids is 1. The minimum Gasteiger partial charge on any atom is -0.339 e. The molecule has 6 heteroatoms. The summed E-state index contributed by atoms with van der Waals surface area (Å²) in [5.41, 5.74) is 2.23. The van der Waals surface area contributed by atoms with Crippen LogP contribution in [0.25, 0.3) is 10.9 Å². The second-order valence-corrected chi connectivity index (χ2v) is 8.05. The number of carbonyl (C=O) groups is 1. The van der Waals surface area contributed by atoms with Crippen molar-refractivity contribution in [3.8, 4) is 0 Å². The molecule has 1 fully saturated rings. The van der Waals surface area contributed by atoms with Gasteiger partial charge in [-0.2, -0.15) is 0 Å². The van der Waals surface area contributed by atoms with E-state index in [0.29, 0.717) is 22.0 Å². The quantitative estimate of drug-likeness (QED) is 0.645. The first-order valence-electron chi connectivity index (χ1n) is 9.86. The molecule has 1 aliphatic rings. The minimum absolute atomic E-state index is 0.0849. The lowest BCUT2D eigenvalue weighted by molar-refractivity contribution is 0.0686. The van der Waals surface area contributed by atoms with Crippen LogP contribution in [0.3, 0.4) is 0 Å². The number of hydrogen-bond acceptors (Lipinski definition) is 3. The summed E-state index contributed by atoms with van der Waals surface area (Å²) in [7, 11) is 0. The zero-order valence-corrected chi connectivity index (χ0v) is 17.1. The van der Waals surface area contributed by atoms with Crippen molar-refractivity contribution in [3.05, 3.63) is 58.8 Å². The lowest BCUT2D eigenvalue weighted by atomic mass is 9.93. The lowest BCUT2D eigenvalue weighted by Gasteiger charge is -2.32. The number of likely N-dealkylation sites (tertiary alicyclic amines) is 1. The second kappa shape index (κ2) is 7.92. The van der Waals surface area contributed by atoms with Crippen molar-refractivity contribution in [1.29, 1.82) is 0 Å². The zero-order chi connectivity index (χ0) is 19.7. The Kier molecular flexibility index (Phi) is 5.36. The fraction of sp³-hybridized carbons (Fsp3) is 0.409. The van der Waals surface area contributed by atoms with Crippen LogP contribution < -0.4 is 0 Å². The predicted molar refractivity (Wildman–Crippen MR) is 112 cm³/mol. The summed E-state index contributed by atoms with van der Waals surface area (Å²) in [4.78, 5) is 24.0. The second-order valence-electron chi connectivity index (χ2n) is 7.64. The Morgan fingerprint density at radius 1 is 1.25 bits per heavy atom. The Balaban J connectivity index is 1.44. The van der Waals surface area contributed by atoms with Crippen LogP contribution in [0.1, 0.15) is 41.1 Å². The van der Waals surface area contributed by atoms with Gasteiger partial charge in [-0.05, 0) is 51.2 Å². The highest BCUT2D eigenvalue weighted by Crippen LogP contribution is 2.28. The highest BCUT2D eigenvalue weighted by molar-refractivity contribution is 6.35. The molecule has 28 heavy (non-hydrogen) atoms. The monoisotopic (exact) mass is 396 g/mol. The number of imidazole rings is 1. The molecule has 1 saturated heterocycles. The molecule has 3 aromatic rings. The highest BCUT2D eigenvalue weighted by atomic mass is 35.5. The van der Waals surface area contributed by atoms with Crippen molar-refractivity contribution in [2.75, 3.05) is 13.1 Å². The van der Waals surface area contributed by atoms with Crippen molar-refractivity contribution in [3.63, 3.8) is 0 Å². The number of pyridine rings is 1. The topological polar surface area (TPSA) is 51.0 Å². The molecule has 3 heterocycles. The van der Waals surface area contributed by atoms with E-state index in [4.69, 9.17) is 11.6 Å². The fourth-order valence-electron chi connectivity index (χ4n) is 4.08. The van der Waals surface area contributed by atoms with Gasteiger partial charge < -0.3 is 9.47 Å². The molecule has 0 atom stereocenters. The van der Waals surface area contributed by atoms with Crippen molar-refractivity contribution >= 4 is 28.4 Å². The van der Waals surface area contributed by atoms with Crippen LogP contribution in [0.2, 0.25) is 5.02 Å². The summed E-state index contributed by atoms with van der Waals surface area (Å²) in [6.45, 7) is 6.54. The number of piperidine rings is 1. The summed E-state index contributed by atoms with van der Waals surface area (Å²) in [6, 6.07) is 7.51. The maximum absolute atomic E-state index is 13.2. The smallest absolute Gasteiger partial charge is 0.254 e. The van der Waals surface area contributed by atoms with Crippen LogP contribution in [0.4, 0.5) is 0 Å². The van der Waals surface area contributed by atoms with E-state index in [1.54, 1.807) is 0 Å². The van der Waals surface area contributed by atoms with Crippen LogP contribution in [0.5, 0.6) is 0 Å². The first-order chi connectivity index (χ1) is 13.5. The Bertz CT molecular complexity index is 1000. The first kappa shape index (κ1) is 18.9. The van der Waals surface area contributed by atoms with Gasteiger partial charge in [0.25, 0.3) is 5.91 Å². The van der Waals surface area contributed by atoms with Gasteiger partial charge in [-0.25, -0.2) is 4.98 Å². The van der Waals surface area contributed by atoms with Gasteiger partial charge in [0.2, 0.25) is 0 Å². The molecule has 0 spiro atoms. The van der Waals surface area contributed by atoms with Crippen LogP contribution in [-0.4, -0.2) is 38.4 Å². The van der Waals surface area contributed by atoms with Gasteiger partial charge in [0, 0.05) is 43.1 Å². The van der Waals surface area contributed by atoms with Crippen LogP contribution in [0, 0.1) is 19.8 Å². The third kappa shape index (κ3) is 3.76. The van der Waals surface area contributed by atoms with Gasteiger partial charge in [-0.1, -0.05) is 23.7 Å². The van der Waals surface area contributed by atoms with Crippen molar-refractivity contribution < 1.29 is 4.79 Å². The average molecular weight is 397 g/mol. The maximum Gasteiger partial charge on any atom is 0.254 e. The number of aromatic nitrogens is 3. The molecule has 146 valence electrons. The molecule has 0 radical (unpaired) electrons. The van der Waals surface area contributed by atoms with Gasteiger partial charge in [0.15, 0.2) is 0 Å². The van der Waals surface area contributed by atoms with Gasteiger partial charge >= 0.3 is 0 Å². The normalized spacial score (nSPS) is 15.3. The number of rotatable bonds is 4. The SMILES string of the molecule is Cc1cc(C(=O)N2CCC(CCn3ccnc3C)CC2)c2cccc(Cl)c2n1. The van der Waals surface area contributed by atoms with Crippen LogP contribution in [-0.2, 0) is 6.54 Å². The molecule has 1 amide bonds. The lowest BCUT2D eigenvalue weighted by Crippen LogP contribution is -2.38. The largest absolute Gasteiger partial charge is 0.339 e. The average Bonchev–Trinajstić information content (AvgIpc) is 3.11. The van der Waals surface area contributed by atoms with E-state index in [9.17, 15) is 4.79 Å². The molecule has 1 aromatic carbocycles. The number of fused-ring (bicyclic) bond motifs is 1. The van der Waals surface area contributed by atoms with Gasteiger partial charge in [-0.3, -0.25) is 9.78 Å². The molecular weight excluding hydrogens is 372 g/mol. The van der Waals surface area contributed by atoms with E-state index in [0.717, 1.165) is 55.8 Å². The molecule has 4 rings (SSSR count). The van der Waals surface area contributed by atoms with E-state index in [1.165, 1.54) is 0 Å². The van der Waals surface area contributed by atoms with Crippen molar-refractivity contribution in [2.45, 2.75) is 39.7 Å². The molecular formula is C22H25ClN4O. The summed E-state index contributed by atoms with van der Waals surface area (Å²) in [5.74, 6) is 1.80. The third-order valence-electron chi connectivity index (χ3n) is 5.75. The van der Waals surface area contributed by atoms with E-state index in [1.807, 2.05) is 55.4 Å². The van der Waals surface area contributed by atoms with Crippen molar-refractivity contribution in [2.24, 2.45) is 5.92 Å². The molecule has 5 nitrogen and oxygen atoms in total. The first-order valence-corrected chi connectivity index (χ1v) is 10.2. The van der Waals surface area contributed by atoms with E-state index >= 15 is 0 Å². The Morgan fingerprint density at radius 3 is 2.75 bits per heavy atom. The predicted octanol–water partition coefficient (Wildman–Crippen LogP) is 4.64. The van der Waals surface area contributed by atoms with E-state index < -0.39 is 0 Å². The summed E-state index contributed by atoms with van der Waals surface area (Å²) >= 11 is 6.30. The molecule has 0 N–H and O–H groups in total. The number of para-hydroxylation sites is 1. The van der Waals surface area contributed by atoms with E-state index in [-0.39, 0.29) is 5.91 Å². The minimum atomic E-state index is 0.0849. The molecule has 0 saturated carbocycles. The fourth-order valence-corrected chi connectivity index (χ4v) is 4.29.